The number of halogens is 1. The van der Waals surface area contributed by atoms with E-state index < -0.39 is 0 Å². The molecule has 0 aliphatic carbocycles. The van der Waals surface area contributed by atoms with Crippen molar-refractivity contribution in [1.82, 2.24) is 15.0 Å². The van der Waals surface area contributed by atoms with E-state index in [1.165, 1.54) is 0 Å². The normalized spacial score (nSPS) is 24.8. The fourth-order valence-corrected chi connectivity index (χ4v) is 2.06. The van der Waals surface area contributed by atoms with Crippen LogP contribution in [0.5, 0.6) is 0 Å². The molecular formula is C10H16ClN5O. The highest BCUT2D eigenvalue weighted by molar-refractivity contribution is 6.28. The van der Waals surface area contributed by atoms with Crippen LogP contribution in [0.2, 0.25) is 5.28 Å². The average molecular weight is 258 g/mol. The van der Waals surface area contributed by atoms with Gasteiger partial charge in [0.05, 0.1) is 6.10 Å². The summed E-state index contributed by atoms with van der Waals surface area (Å²) in [5.74, 6) is 1.23. The number of nitrogens with one attached hydrogen (secondary N) is 1. The lowest BCUT2D eigenvalue weighted by molar-refractivity contribution is 0.0966. The second-order valence-corrected chi connectivity index (χ2v) is 4.60. The maximum Gasteiger partial charge on any atom is 0.231 e. The summed E-state index contributed by atoms with van der Waals surface area (Å²) in [5.41, 5.74) is 0. The van der Waals surface area contributed by atoms with Crippen molar-refractivity contribution in [2.75, 3.05) is 30.4 Å². The number of hydrogen-bond acceptors (Lipinski definition) is 6. The lowest BCUT2D eigenvalue weighted by Gasteiger charge is -2.34. The third kappa shape index (κ3) is 2.76. The van der Waals surface area contributed by atoms with Gasteiger partial charge in [0, 0.05) is 20.1 Å². The van der Waals surface area contributed by atoms with Gasteiger partial charge in [-0.05, 0) is 23.9 Å². The predicted octanol–water partition coefficient (Wildman–Crippen LogP) is 0.774. The van der Waals surface area contributed by atoms with Crippen molar-refractivity contribution in [3.63, 3.8) is 0 Å². The standard InChI is InChI=1S/C10H16ClN5O/c1-6-5-16(4-3-7(6)17)10-14-8(11)13-9(12-2)15-10/h6-7,17H,3-5H2,1-2H3,(H,12,13,14,15). The number of nitrogens with zero attached hydrogens (tertiary/aromatic N) is 4. The molecule has 1 saturated heterocycles. The van der Waals surface area contributed by atoms with E-state index in [4.69, 9.17) is 11.6 Å². The Balaban J connectivity index is 2.19. The van der Waals surface area contributed by atoms with Gasteiger partial charge in [-0.25, -0.2) is 0 Å². The smallest absolute Gasteiger partial charge is 0.231 e. The van der Waals surface area contributed by atoms with Crippen molar-refractivity contribution >= 4 is 23.5 Å². The number of aromatic nitrogens is 3. The largest absolute Gasteiger partial charge is 0.393 e. The number of aliphatic hydroxyl groups is 1. The van der Waals surface area contributed by atoms with Crippen LogP contribution < -0.4 is 10.2 Å². The highest BCUT2D eigenvalue weighted by atomic mass is 35.5. The Morgan fingerprint density at radius 3 is 2.82 bits per heavy atom. The second kappa shape index (κ2) is 5.01. The van der Waals surface area contributed by atoms with Crippen LogP contribution in [0, 0.1) is 5.92 Å². The first kappa shape index (κ1) is 12.3. The molecule has 0 aromatic carbocycles. The third-order valence-corrected chi connectivity index (χ3v) is 3.13. The molecule has 7 heteroatoms. The first-order chi connectivity index (χ1) is 8.10. The molecule has 0 saturated carbocycles. The van der Waals surface area contributed by atoms with Crippen LogP contribution >= 0.6 is 11.6 Å². The van der Waals surface area contributed by atoms with Gasteiger partial charge < -0.3 is 15.3 Å². The monoisotopic (exact) mass is 257 g/mol. The van der Waals surface area contributed by atoms with Gasteiger partial charge in [0.25, 0.3) is 0 Å². The molecule has 6 nitrogen and oxygen atoms in total. The van der Waals surface area contributed by atoms with Crippen molar-refractivity contribution in [3.05, 3.63) is 5.28 Å². The van der Waals surface area contributed by atoms with E-state index in [0.717, 1.165) is 19.5 Å². The Labute approximate surface area is 105 Å². The predicted molar refractivity (Wildman–Crippen MR) is 66.4 cm³/mol. The number of rotatable bonds is 2. The van der Waals surface area contributed by atoms with Gasteiger partial charge in [-0.1, -0.05) is 6.92 Å². The van der Waals surface area contributed by atoms with Gasteiger partial charge in [0.15, 0.2) is 0 Å². The van der Waals surface area contributed by atoms with E-state index in [9.17, 15) is 5.11 Å². The molecule has 2 unspecified atom stereocenters. The van der Waals surface area contributed by atoms with Crippen molar-refractivity contribution in [3.8, 4) is 0 Å². The highest BCUT2D eigenvalue weighted by Crippen LogP contribution is 2.21. The summed E-state index contributed by atoms with van der Waals surface area (Å²) >= 11 is 5.83. The van der Waals surface area contributed by atoms with Crippen molar-refractivity contribution in [2.45, 2.75) is 19.4 Å². The Morgan fingerprint density at radius 1 is 1.41 bits per heavy atom. The van der Waals surface area contributed by atoms with Crippen LogP contribution in [0.1, 0.15) is 13.3 Å². The summed E-state index contributed by atoms with van der Waals surface area (Å²) < 4.78 is 0. The lowest BCUT2D eigenvalue weighted by atomic mass is 9.97. The summed E-state index contributed by atoms with van der Waals surface area (Å²) in [6.45, 7) is 3.47. The van der Waals surface area contributed by atoms with E-state index in [2.05, 4.69) is 20.3 Å². The number of anilines is 2. The molecule has 2 heterocycles. The number of aliphatic hydroxyl groups excluding tert-OH is 1. The zero-order valence-electron chi connectivity index (χ0n) is 9.89. The maximum absolute atomic E-state index is 9.68. The molecule has 2 atom stereocenters. The van der Waals surface area contributed by atoms with Gasteiger partial charge in [-0.2, -0.15) is 15.0 Å². The van der Waals surface area contributed by atoms with Crippen molar-refractivity contribution in [2.24, 2.45) is 5.92 Å². The zero-order chi connectivity index (χ0) is 12.4. The molecule has 1 fully saturated rings. The van der Waals surface area contributed by atoms with Crippen molar-refractivity contribution < 1.29 is 5.11 Å². The summed E-state index contributed by atoms with van der Waals surface area (Å²) in [6, 6.07) is 0. The minimum atomic E-state index is -0.243. The Morgan fingerprint density at radius 2 is 2.18 bits per heavy atom. The lowest BCUT2D eigenvalue weighted by Crippen LogP contribution is -2.42. The van der Waals surface area contributed by atoms with Gasteiger partial charge in [0.1, 0.15) is 0 Å². The molecule has 1 aliphatic rings. The van der Waals surface area contributed by atoms with Gasteiger partial charge in [0.2, 0.25) is 17.2 Å². The molecule has 1 aromatic heterocycles. The second-order valence-electron chi connectivity index (χ2n) is 4.26. The first-order valence-electron chi connectivity index (χ1n) is 5.62. The number of piperidine rings is 1. The van der Waals surface area contributed by atoms with Crippen LogP contribution in [0.4, 0.5) is 11.9 Å². The molecule has 0 radical (unpaired) electrons. The minimum absolute atomic E-state index is 0.179. The molecule has 2 rings (SSSR count). The first-order valence-corrected chi connectivity index (χ1v) is 6.00. The molecule has 0 spiro atoms. The Bertz CT molecular complexity index is 402. The van der Waals surface area contributed by atoms with E-state index in [-0.39, 0.29) is 17.3 Å². The summed E-state index contributed by atoms with van der Waals surface area (Å²) in [4.78, 5) is 14.3. The zero-order valence-corrected chi connectivity index (χ0v) is 10.6. The van der Waals surface area contributed by atoms with E-state index in [1.807, 2.05) is 11.8 Å². The summed E-state index contributed by atoms with van der Waals surface area (Å²) in [6.07, 6.45) is 0.478. The van der Waals surface area contributed by atoms with E-state index >= 15 is 0 Å². The van der Waals surface area contributed by atoms with Crippen LogP contribution in [0.15, 0.2) is 0 Å². The molecular weight excluding hydrogens is 242 g/mol. The van der Waals surface area contributed by atoms with Crippen LogP contribution in [-0.4, -0.2) is 46.3 Å². The SMILES string of the molecule is CNc1nc(Cl)nc(N2CCC(O)C(C)C2)n1. The van der Waals surface area contributed by atoms with E-state index in [1.54, 1.807) is 7.05 Å². The Hall–Kier alpha value is -1.14. The quantitative estimate of drug-likeness (QED) is 0.815. The van der Waals surface area contributed by atoms with Crippen LogP contribution in [0.25, 0.3) is 0 Å². The Kier molecular flexibility index (Phi) is 3.63. The van der Waals surface area contributed by atoms with E-state index in [0.29, 0.717) is 11.9 Å². The van der Waals surface area contributed by atoms with Gasteiger partial charge >= 0.3 is 0 Å². The van der Waals surface area contributed by atoms with Gasteiger partial charge in [-0.15, -0.1) is 0 Å². The highest BCUT2D eigenvalue weighted by Gasteiger charge is 2.26. The molecule has 2 N–H and O–H groups in total. The topological polar surface area (TPSA) is 74.2 Å². The maximum atomic E-state index is 9.68. The molecule has 1 aliphatic heterocycles. The third-order valence-electron chi connectivity index (χ3n) is 2.96. The average Bonchev–Trinajstić information content (AvgIpc) is 2.32. The number of hydrogen-bond donors (Lipinski definition) is 2. The summed E-state index contributed by atoms with van der Waals surface area (Å²) in [5, 5.41) is 12.7. The summed E-state index contributed by atoms with van der Waals surface area (Å²) in [7, 11) is 1.73. The van der Waals surface area contributed by atoms with Crippen LogP contribution in [-0.2, 0) is 0 Å². The fourth-order valence-electron chi connectivity index (χ4n) is 1.91. The molecule has 94 valence electrons. The molecule has 17 heavy (non-hydrogen) atoms. The van der Waals surface area contributed by atoms with Crippen LogP contribution in [0.3, 0.4) is 0 Å². The fraction of sp³-hybridized carbons (Fsp3) is 0.700. The molecule has 0 amide bonds. The van der Waals surface area contributed by atoms with Crippen molar-refractivity contribution in [1.29, 1.82) is 0 Å². The molecule has 1 aromatic rings. The molecule has 0 bridgehead atoms. The van der Waals surface area contributed by atoms with Gasteiger partial charge in [-0.3, -0.25) is 0 Å². The minimum Gasteiger partial charge on any atom is -0.393 e.